The van der Waals surface area contributed by atoms with Crippen molar-refractivity contribution in [2.24, 2.45) is 0 Å². The minimum atomic E-state index is -4.75. The average Bonchev–Trinajstić information content (AvgIpc) is 2.83. The highest BCUT2D eigenvalue weighted by molar-refractivity contribution is 5.80. The van der Waals surface area contributed by atoms with E-state index in [1.165, 1.54) is 23.1 Å². The second kappa shape index (κ2) is 11.8. The summed E-state index contributed by atoms with van der Waals surface area (Å²) < 4.78 is 58.4. The topological polar surface area (TPSA) is 103 Å². The molecule has 1 amide bonds. The molecule has 0 aliphatic carbocycles. The molecule has 9 nitrogen and oxygen atoms in total. The number of carbonyl (C=O) groups excluding carboxylic acids is 2. The molecule has 2 aromatic rings. The van der Waals surface area contributed by atoms with Gasteiger partial charge in [0.25, 0.3) is 0 Å². The Morgan fingerprint density at radius 1 is 1.22 bits per heavy atom. The summed E-state index contributed by atoms with van der Waals surface area (Å²) in [4.78, 5) is 25.1. The largest absolute Gasteiger partial charge is 0.467 e. The Morgan fingerprint density at radius 2 is 1.97 bits per heavy atom. The summed E-state index contributed by atoms with van der Waals surface area (Å²) >= 11 is 0. The van der Waals surface area contributed by atoms with Crippen molar-refractivity contribution < 1.29 is 37.0 Å². The van der Waals surface area contributed by atoms with Crippen molar-refractivity contribution in [2.75, 3.05) is 31.8 Å². The van der Waals surface area contributed by atoms with Crippen LogP contribution < -0.4 is 10.1 Å². The van der Waals surface area contributed by atoms with E-state index in [0.717, 1.165) is 6.07 Å². The Bertz CT molecular complexity index is 1100. The molecule has 2 heterocycles. The van der Waals surface area contributed by atoms with Gasteiger partial charge in [-0.2, -0.15) is 13.2 Å². The van der Waals surface area contributed by atoms with Gasteiger partial charge in [0.05, 0.1) is 5.56 Å². The van der Waals surface area contributed by atoms with E-state index >= 15 is 0 Å². The van der Waals surface area contributed by atoms with Gasteiger partial charge in [0.15, 0.2) is 6.79 Å². The van der Waals surface area contributed by atoms with E-state index in [2.05, 4.69) is 15.5 Å². The lowest BCUT2D eigenvalue weighted by molar-refractivity contribution is -0.137. The van der Waals surface area contributed by atoms with Crippen LogP contribution in [0.2, 0.25) is 0 Å². The van der Waals surface area contributed by atoms with Crippen LogP contribution >= 0.6 is 0 Å². The molecule has 1 aliphatic heterocycles. The monoisotopic (exact) mass is 524 g/mol. The molecule has 1 atom stereocenters. The average molecular weight is 525 g/mol. The second-order valence-corrected chi connectivity index (χ2v) is 9.53. The van der Waals surface area contributed by atoms with E-state index in [1.807, 2.05) is 0 Å². The number of hydrogen-bond acceptors (Lipinski definition) is 8. The predicted molar refractivity (Wildman–Crippen MR) is 129 cm³/mol. The zero-order valence-corrected chi connectivity index (χ0v) is 21.2. The molecule has 0 spiro atoms. The number of alkyl halides is 3. The summed E-state index contributed by atoms with van der Waals surface area (Å²) in [5, 5.41) is 10.8. The molecule has 0 radical (unpaired) electrons. The SMILES string of the molecule is CCOCOc1cc(C=O)ccc1-c1nnc(N[C@@H]2CCCN(C(=O)OC(C)(C)C)C2)cc1C(F)(F)F. The summed E-state index contributed by atoms with van der Waals surface area (Å²) in [5.74, 6) is -0.0627. The number of piperidine rings is 1. The summed E-state index contributed by atoms with van der Waals surface area (Å²) in [6, 6.07) is 4.57. The first-order chi connectivity index (χ1) is 17.4. The molecule has 0 saturated carbocycles. The van der Waals surface area contributed by atoms with Crippen molar-refractivity contribution in [3.8, 4) is 17.0 Å². The Balaban J connectivity index is 1.87. The number of hydrogen-bond donors (Lipinski definition) is 1. The fourth-order valence-corrected chi connectivity index (χ4v) is 3.79. The number of ether oxygens (including phenoxy) is 3. The standard InChI is InChI=1S/C25H31F3N4O5/c1-5-35-15-36-20-11-16(14-33)8-9-18(20)22-19(25(26,27)28)12-21(30-31-22)29-17-7-6-10-32(13-17)23(34)37-24(2,3)4/h8-9,11-12,14,17H,5-7,10,13,15H2,1-4H3,(H,29,30)/t17-/m1/s1. The van der Waals surface area contributed by atoms with Crippen LogP contribution in [0.5, 0.6) is 5.75 Å². The van der Waals surface area contributed by atoms with Gasteiger partial charge < -0.3 is 24.4 Å². The number of likely N-dealkylation sites (tertiary alicyclic amines) is 1. The molecule has 37 heavy (non-hydrogen) atoms. The number of carbonyl (C=O) groups is 2. The number of nitrogens with zero attached hydrogens (tertiary/aromatic N) is 3. The summed E-state index contributed by atoms with van der Waals surface area (Å²) in [7, 11) is 0. The van der Waals surface area contributed by atoms with Crippen LogP contribution in [0.1, 0.15) is 56.5 Å². The molecule has 1 aromatic carbocycles. The van der Waals surface area contributed by atoms with Crippen LogP contribution in [0.25, 0.3) is 11.3 Å². The third-order valence-corrected chi connectivity index (χ3v) is 5.42. The van der Waals surface area contributed by atoms with Gasteiger partial charge in [-0.25, -0.2) is 4.79 Å². The number of halogens is 3. The fourth-order valence-electron chi connectivity index (χ4n) is 3.79. The molecule has 1 aromatic heterocycles. The van der Waals surface area contributed by atoms with Gasteiger partial charge in [-0.05, 0) is 58.7 Å². The maximum Gasteiger partial charge on any atom is 0.418 e. The molecule has 12 heteroatoms. The summed E-state index contributed by atoms with van der Waals surface area (Å²) in [6.07, 6.45) is -3.39. The molecule has 1 aliphatic rings. The van der Waals surface area contributed by atoms with E-state index in [-0.39, 0.29) is 42.1 Å². The zero-order chi connectivity index (χ0) is 27.2. The first-order valence-electron chi connectivity index (χ1n) is 11.9. The number of anilines is 1. The Labute approximate surface area is 213 Å². The van der Waals surface area contributed by atoms with E-state index < -0.39 is 29.1 Å². The smallest absolute Gasteiger partial charge is 0.418 e. The number of aromatic nitrogens is 2. The van der Waals surface area contributed by atoms with Gasteiger partial charge in [0.1, 0.15) is 29.1 Å². The van der Waals surface area contributed by atoms with Gasteiger partial charge in [0, 0.05) is 36.9 Å². The third kappa shape index (κ3) is 7.78. The molecule has 1 N–H and O–H groups in total. The second-order valence-electron chi connectivity index (χ2n) is 9.53. The van der Waals surface area contributed by atoms with Crippen molar-refractivity contribution in [1.29, 1.82) is 0 Å². The fraction of sp³-hybridized carbons (Fsp3) is 0.520. The molecule has 0 bridgehead atoms. The minimum Gasteiger partial charge on any atom is -0.467 e. The summed E-state index contributed by atoms with van der Waals surface area (Å²) in [6.45, 7) is 7.90. The van der Waals surface area contributed by atoms with Crippen molar-refractivity contribution in [3.63, 3.8) is 0 Å². The zero-order valence-electron chi connectivity index (χ0n) is 21.2. The van der Waals surface area contributed by atoms with E-state index in [4.69, 9.17) is 14.2 Å². The van der Waals surface area contributed by atoms with E-state index in [1.54, 1.807) is 27.7 Å². The lowest BCUT2D eigenvalue weighted by Gasteiger charge is -2.34. The van der Waals surface area contributed by atoms with Gasteiger partial charge in [-0.15, -0.1) is 10.2 Å². The van der Waals surface area contributed by atoms with Crippen LogP contribution in [0.15, 0.2) is 24.3 Å². The number of amides is 1. The Morgan fingerprint density at radius 3 is 2.62 bits per heavy atom. The van der Waals surface area contributed by atoms with Crippen LogP contribution in [0, 0.1) is 0 Å². The molecule has 1 fully saturated rings. The van der Waals surface area contributed by atoms with Crippen LogP contribution in [0.3, 0.4) is 0 Å². The van der Waals surface area contributed by atoms with Crippen molar-refractivity contribution >= 4 is 18.2 Å². The van der Waals surface area contributed by atoms with Gasteiger partial charge in [0.2, 0.25) is 0 Å². The van der Waals surface area contributed by atoms with E-state index in [0.29, 0.717) is 32.3 Å². The highest BCUT2D eigenvalue weighted by Crippen LogP contribution is 2.40. The lowest BCUT2D eigenvalue weighted by Crippen LogP contribution is -2.47. The highest BCUT2D eigenvalue weighted by Gasteiger charge is 2.37. The third-order valence-electron chi connectivity index (χ3n) is 5.42. The highest BCUT2D eigenvalue weighted by atomic mass is 19.4. The molecular formula is C25H31F3N4O5. The number of aldehydes is 1. The molecule has 1 saturated heterocycles. The molecule has 3 rings (SSSR count). The normalized spacial score (nSPS) is 16.3. The molecular weight excluding hydrogens is 493 g/mol. The molecule has 202 valence electrons. The van der Waals surface area contributed by atoms with Gasteiger partial charge in [-0.1, -0.05) is 6.07 Å². The number of benzene rings is 1. The predicted octanol–water partition coefficient (Wildman–Crippen LogP) is 5.16. The first kappa shape index (κ1) is 28.2. The first-order valence-corrected chi connectivity index (χ1v) is 11.9. The van der Waals surface area contributed by atoms with E-state index in [9.17, 15) is 22.8 Å². The van der Waals surface area contributed by atoms with Crippen molar-refractivity contribution in [2.45, 2.75) is 58.4 Å². The van der Waals surface area contributed by atoms with Crippen molar-refractivity contribution in [1.82, 2.24) is 15.1 Å². The lowest BCUT2D eigenvalue weighted by atomic mass is 10.0. The number of nitrogens with one attached hydrogen (secondary N) is 1. The van der Waals surface area contributed by atoms with Crippen LogP contribution in [0.4, 0.5) is 23.8 Å². The maximum atomic E-state index is 14.1. The maximum absolute atomic E-state index is 14.1. The van der Waals surface area contributed by atoms with Crippen LogP contribution in [-0.2, 0) is 15.7 Å². The van der Waals surface area contributed by atoms with Crippen LogP contribution in [-0.4, -0.2) is 65.6 Å². The van der Waals surface area contributed by atoms with Gasteiger partial charge >= 0.3 is 12.3 Å². The Kier molecular flexibility index (Phi) is 8.95. The molecule has 0 unspecified atom stereocenters. The van der Waals surface area contributed by atoms with Gasteiger partial charge in [-0.3, -0.25) is 4.79 Å². The quantitative estimate of drug-likeness (QED) is 0.287. The number of rotatable bonds is 8. The minimum absolute atomic E-state index is 0.0128. The Hall–Kier alpha value is -3.41. The summed E-state index contributed by atoms with van der Waals surface area (Å²) in [5.41, 5.74) is -1.88. The van der Waals surface area contributed by atoms with Crippen molar-refractivity contribution in [3.05, 3.63) is 35.4 Å².